The molecule has 0 bridgehead atoms. The van der Waals surface area contributed by atoms with E-state index in [4.69, 9.17) is 0 Å². The topological polar surface area (TPSA) is 49.4 Å². The van der Waals surface area contributed by atoms with Crippen LogP contribution < -0.4 is 5.32 Å². The SMILES string of the molecule is O=C(NC1CC1)C1CCC(=O)N(Cc2cccc(C(F)(F)F)c2)C1. The molecule has 4 nitrogen and oxygen atoms in total. The van der Waals surface area contributed by atoms with Crippen molar-refractivity contribution in [1.29, 1.82) is 0 Å². The fourth-order valence-electron chi connectivity index (χ4n) is 2.89. The quantitative estimate of drug-likeness (QED) is 0.916. The minimum atomic E-state index is -4.41. The van der Waals surface area contributed by atoms with Crippen molar-refractivity contribution in [2.24, 2.45) is 5.92 Å². The summed E-state index contributed by atoms with van der Waals surface area (Å²) >= 11 is 0. The fourth-order valence-corrected chi connectivity index (χ4v) is 2.89. The zero-order chi connectivity index (χ0) is 17.3. The first-order chi connectivity index (χ1) is 11.3. The number of halogens is 3. The van der Waals surface area contributed by atoms with Crippen LogP contribution in [0, 0.1) is 5.92 Å². The van der Waals surface area contributed by atoms with Crippen LogP contribution in [-0.4, -0.2) is 29.3 Å². The van der Waals surface area contributed by atoms with Crippen molar-refractivity contribution in [3.05, 3.63) is 35.4 Å². The van der Waals surface area contributed by atoms with Gasteiger partial charge in [0, 0.05) is 25.6 Å². The summed E-state index contributed by atoms with van der Waals surface area (Å²) in [6.07, 6.45) is -1.68. The predicted molar refractivity (Wildman–Crippen MR) is 80.7 cm³/mol. The summed E-state index contributed by atoms with van der Waals surface area (Å²) < 4.78 is 38.4. The average molecular weight is 340 g/mol. The zero-order valence-corrected chi connectivity index (χ0v) is 13.1. The van der Waals surface area contributed by atoms with Crippen LogP contribution in [0.1, 0.15) is 36.8 Å². The van der Waals surface area contributed by atoms with Crippen LogP contribution in [0.3, 0.4) is 0 Å². The van der Waals surface area contributed by atoms with Crippen LogP contribution in [0.15, 0.2) is 24.3 Å². The normalized spacial score (nSPS) is 21.7. The largest absolute Gasteiger partial charge is 0.416 e. The van der Waals surface area contributed by atoms with E-state index in [1.807, 2.05) is 0 Å². The minimum absolute atomic E-state index is 0.0564. The molecule has 2 amide bonds. The Hall–Kier alpha value is -2.05. The molecule has 0 aromatic heterocycles. The van der Waals surface area contributed by atoms with Gasteiger partial charge in [0.2, 0.25) is 11.8 Å². The molecule has 130 valence electrons. The second-order valence-electron chi connectivity index (χ2n) is 6.49. The van der Waals surface area contributed by atoms with E-state index in [0.29, 0.717) is 12.0 Å². The molecule has 0 radical (unpaired) electrons. The molecule has 3 rings (SSSR count). The van der Waals surface area contributed by atoms with E-state index in [0.717, 1.165) is 25.0 Å². The van der Waals surface area contributed by atoms with Crippen LogP contribution in [0.4, 0.5) is 13.2 Å². The molecular formula is C17H19F3N2O2. The van der Waals surface area contributed by atoms with E-state index in [1.165, 1.54) is 11.0 Å². The highest BCUT2D eigenvalue weighted by Gasteiger charge is 2.34. The molecule has 1 aliphatic carbocycles. The molecular weight excluding hydrogens is 321 g/mol. The Balaban J connectivity index is 1.66. The van der Waals surface area contributed by atoms with Crippen LogP contribution in [0.25, 0.3) is 0 Å². The molecule has 0 spiro atoms. The van der Waals surface area contributed by atoms with Gasteiger partial charge >= 0.3 is 6.18 Å². The summed E-state index contributed by atoms with van der Waals surface area (Å²) in [5, 5.41) is 2.93. The third-order valence-corrected chi connectivity index (χ3v) is 4.42. The number of hydrogen-bond acceptors (Lipinski definition) is 2. The van der Waals surface area contributed by atoms with E-state index >= 15 is 0 Å². The number of piperidine rings is 1. The molecule has 1 aromatic rings. The lowest BCUT2D eigenvalue weighted by atomic mass is 9.96. The fraction of sp³-hybridized carbons (Fsp3) is 0.529. The number of carbonyl (C=O) groups is 2. The van der Waals surface area contributed by atoms with E-state index in [9.17, 15) is 22.8 Å². The molecule has 1 saturated heterocycles. The van der Waals surface area contributed by atoms with Crippen molar-refractivity contribution in [3.8, 4) is 0 Å². The lowest BCUT2D eigenvalue weighted by Gasteiger charge is -2.32. The van der Waals surface area contributed by atoms with Gasteiger partial charge in [-0.3, -0.25) is 9.59 Å². The van der Waals surface area contributed by atoms with Gasteiger partial charge in [-0.25, -0.2) is 0 Å². The van der Waals surface area contributed by atoms with Gasteiger partial charge in [-0.05, 0) is 37.0 Å². The summed E-state index contributed by atoms with van der Waals surface area (Å²) in [5.41, 5.74) is -0.311. The minimum Gasteiger partial charge on any atom is -0.353 e. The first-order valence-electron chi connectivity index (χ1n) is 8.07. The molecule has 1 heterocycles. The summed E-state index contributed by atoms with van der Waals surface area (Å²) in [4.78, 5) is 25.7. The maximum Gasteiger partial charge on any atom is 0.416 e. The number of amides is 2. The maximum absolute atomic E-state index is 12.8. The number of alkyl halides is 3. The van der Waals surface area contributed by atoms with E-state index in [2.05, 4.69) is 5.32 Å². The second-order valence-corrected chi connectivity index (χ2v) is 6.49. The second kappa shape index (κ2) is 6.45. The summed E-state index contributed by atoms with van der Waals surface area (Å²) in [6.45, 7) is 0.351. The van der Waals surface area contributed by atoms with Gasteiger partial charge in [0.15, 0.2) is 0 Å². The van der Waals surface area contributed by atoms with E-state index in [1.54, 1.807) is 6.07 Å². The number of nitrogens with one attached hydrogen (secondary N) is 1. The van der Waals surface area contributed by atoms with Gasteiger partial charge in [0.25, 0.3) is 0 Å². The Bertz CT molecular complexity index is 641. The number of likely N-dealkylation sites (tertiary alicyclic amines) is 1. The van der Waals surface area contributed by atoms with Crippen molar-refractivity contribution in [2.75, 3.05) is 6.54 Å². The Morgan fingerprint density at radius 1 is 1.25 bits per heavy atom. The molecule has 1 aromatic carbocycles. The number of hydrogen-bond donors (Lipinski definition) is 1. The molecule has 1 atom stereocenters. The number of rotatable bonds is 4. The number of benzene rings is 1. The van der Waals surface area contributed by atoms with Gasteiger partial charge in [-0.1, -0.05) is 12.1 Å². The Labute approximate surface area is 138 Å². The third kappa shape index (κ3) is 4.07. The van der Waals surface area contributed by atoms with Crippen LogP contribution in [0.5, 0.6) is 0 Å². The van der Waals surface area contributed by atoms with E-state index < -0.39 is 11.7 Å². The van der Waals surface area contributed by atoms with Crippen molar-refractivity contribution >= 4 is 11.8 Å². The summed E-state index contributed by atoms with van der Waals surface area (Å²) in [7, 11) is 0. The van der Waals surface area contributed by atoms with Crippen molar-refractivity contribution in [2.45, 2.75) is 44.4 Å². The molecule has 7 heteroatoms. The first kappa shape index (κ1) is 16.8. The number of nitrogens with zero attached hydrogens (tertiary/aromatic N) is 1. The molecule has 1 unspecified atom stereocenters. The molecule has 2 fully saturated rings. The van der Waals surface area contributed by atoms with Crippen molar-refractivity contribution in [1.82, 2.24) is 10.2 Å². The molecule has 2 aliphatic rings. The Morgan fingerprint density at radius 2 is 2.00 bits per heavy atom. The third-order valence-electron chi connectivity index (χ3n) is 4.42. The highest BCUT2D eigenvalue weighted by atomic mass is 19.4. The Morgan fingerprint density at radius 3 is 2.67 bits per heavy atom. The zero-order valence-electron chi connectivity index (χ0n) is 13.1. The lowest BCUT2D eigenvalue weighted by Crippen LogP contribution is -2.45. The first-order valence-corrected chi connectivity index (χ1v) is 8.07. The highest BCUT2D eigenvalue weighted by molar-refractivity contribution is 5.84. The van der Waals surface area contributed by atoms with Gasteiger partial charge in [-0.2, -0.15) is 13.2 Å². The van der Waals surface area contributed by atoms with Crippen molar-refractivity contribution < 1.29 is 22.8 Å². The van der Waals surface area contributed by atoms with Gasteiger partial charge in [0.1, 0.15) is 0 Å². The summed E-state index contributed by atoms with van der Waals surface area (Å²) in [6, 6.07) is 5.22. The standard InChI is InChI=1S/C17H19F3N2O2/c18-17(19,20)13-3-1-2-11(8-13)9-22-10-12(4-7-15(22)23)16(24)21-14-5-6-14/h1-3,8,12,14H,4-7,9-10H2,(H,21,24). The smallest absolute Gasteiger partial charge is 0.353 e. The van der Waals surface area contributed by atoms with Crippen LogP contribution in [0.2, 0.25) is 0 Å². The van der Waals surface area contributed by atoms with Crippen LogP contribution >= 0.6 is 0 Å². The van der Waals surface area contributed by atoms with Gasteiger partial charge in [0.05, 0.1) is 11.5 Å². The Kier molecular flexibility index (Phi) is 4.51. The average Bonchev–Trinajstić information content (AvgIpc) is 3.33. The van der Waals surface area contributed by atoms with E-state index in [-0.39, 0.29) is 43.3 Å². The molecule has 1 aliphatic heterocycles. The summed E-state index contributed by atoms with van der Waals surface area (Å²) in [5.74, 6) is -0.462. The maximum atomic E-state index is 12.8. The predicted octanol–water partition coefficient (Wildman–Crippen LogP) is 2.72. The van der Waals surface area contributed by atoms with Crippen LogP contribution in [-0.2, 0) is 22.3 Å². The highest BCUT2D eigenvalue weighted by Crippen LogP contribution is 2.30. The molecule has 24 heavy (non-hydrogen) atoms. The lowest BCUT2D eigenvalue weighted by molar-refractivity contribution is -0.139. The van der Waals surface area contributed by atoms with Gasteiger partial charge < -0.3 is 10.2 Å². The molecule has 1 N–H and O–H groups in total. The van der Waals surface area contributed by atoms with Crippen molar-refractivity contribution in [3.63, 3.8) is 0 Å². The monoisotopic (exact) mass is 340 g/mol. The van der Waals surface area contributed by atoms with Gasteiger partial charge in [-0.15, -0.1) is 0 Å². The molecule has 1 saturated carbocycles. The number of carbonyl (C=O) groups excluding carboxylic acids is 2.